The number of aromatic nitrogens is 3. The van der Waals surface area contributed by atoms with E-state index >= 15 is 0 Å². The van der Waals surface area contributed by atoms with Gasteiger partial charge in [-0.3, -0.25) is 4.79 Å². The summed E-state index contributed by atoms with van der Waals surface area (Å²) in [7, 11) is 0. The third kappa shape index (κ3) is 4.48. The lowest BCUT2D eigenvalue weighted by Crippen LogP contribution is -2.23. The van der Waals surface area contributed by atoms with E-state index < -0.39 is 24.4 Å². The van der Waals surface area contributed by atoms with Crippen molar-refractivity contribution in [1.29, 1.82) is 0 Å². The van der Waals surface area contributed by atoms with Crippen LogP contribution in [0.4, 0.5) is 35.0 Å². The molecule has 0 aliphatic heterocycles. The summed E-state index contributed by atoms with van der Waals surface area (Å²) >= 11 is 0. The van der Waals surface area contributed by atoms with Crippen LogP contribution in [0, 0.1) is 5.82 Å². The number of carbonyl (C=O) groups excluding carboxylic acids is 1. The number of fused-ring (bicyclic) bond motifs is 1. The smallest absolute Gasteiger partial charge is 0.360 e. The summed E-state index contributed by atoms with van der Waals surface area (Å²) in [6.07, 6.45) is -2.90. The first-order valence-corrected chi connectivity index (χ1v) is 8.27. The molecule has 1 aromatic carbocycles. The van der Waals surface area contributed by atoms with Crippen LogP contribution in [0.1, 0.15) is 17.3 Å². The number of nitrogens with zero attached hydrogens (tertiary/aromatic N) is 2. The first kappa shape index (κ1) is 19.4. The highest BCUT2D eigenvalue weighted by Gasteiger charge is 2.27. The Balaban J connectivity index is 1.86. The van der Waals surface area contributed by atoms with Crippen LogP contribution in [0.15, 0.2) is 30.5 Å². The number of hydrogen-bond acceptors (Lipinski definition) is 5. The molecule has 0 unspecified atom stereocenters. The van der Waals surface area contributed by atoms with Crippen LogP contribution in [0.5, 0.6) is 0 Å². The second-order valence-electron chi connectivity index (χ2n) is 5.78. The summed E-state index contributed by atoms with van der Waals surface area (Å²) in [5.41, 5.74) is 0.417. The molecule has 0 bridgehead atoms. The number of alkyl halides is 3. The fourth-order valence-corrected chi connectivity index (χ4v) is 2.48. The van der Waals surface area contributed by atoms with E-state index in [2.05, 4.69) is 30.9 Å². The maximum atomic E-state index is 14.2. The Bertz CT molecular complexity index is 1000. The van der Waals surface area contributed by atoms with Crippen LogP contribution in [-0.2, 0) is 0 Å². The predicted molar refractivity (Wildman–Crippen MR) is 96.1 cm³/mol. The summed E-state index contributed by atoms with van der Waals surface area (Å²) < 4.78 is 51.7. The molecular weight excluding hydrogens is 380 g/mol. The molecule has 0 atom stereocenters. The largest absolute Gasteiger partial charge is 0.405 e. The third-order valence-corrected chi connectivity index (χ3v) is 3.68. The van der Waals surface area contributed by atoms with Gasteiger partial charge in [-0.05, 0) is 31.2 Å². The summed E-state index contributed by atoms with van der Waals surface area (Å²) in [4.78, 5) is 22.7. The molecule has 0 saturated carbocycles. The standard InChI is InChI=1S/C17H16F4N6O/c1-2-22-15(28)10-4-3-9(7-12(10)18)25-16-26-13-11(5-6-23-13)14(27-16)24-8-17(19,20)21/h3-7H,2,8H2,1H3,(H,22,28)(H3,23,24,25,26,27). The average molecular weight is 396 g/mol. The van der Waals surface area contributed by atoms with Gasteiger partial charge >= 0.3 is 6.18 Å². The first-order chi connectivity index (χ1) is 13.3. The quantitative estimate of drug-likeness (QED) is 0.478. The normalized spacial score (nSPS) is 11.5. The molecule has 0 aliphatic rings. The number of amides is 1. The summed E-state index contributed by atoms with van der Waals surface area (Å²) in [5, 5.41) is 7.83. The van der Waals surface area contributed by atoms with Crippen molar-refractivity contribution in [3.8, 4) is 0 Å². The molecule has 3 aromatic rings. The Hall–Kier alpha value is -3.37. The molecule has 0 spiro atoms. The SMILES string of the molecule is CCNC(=O)c1ccc(Nc2nc(NCC(F)(F)F)c3cc[nH]c3n2)cc1F. The van der Waals surface area contributed by atoms with Crippen LogP contribution in [0.25, 0.3) is 11.0 Å². The highest BCUT2D eigenvalue weighted by atomic mass is 19.4. The van der Waals surface area contributed by atoms with E-state index in [4.69, 9.17) is 0 Å². The Morgan fingerprint density at radius 1 is 1.21 bits per heavy atom. The molecule has 7 nitrogen and oxygen atoms in total. The van der Waals surface area contributed by atoms with Gasteiger partial charge in [-0.2, -0.15) is 23.1 Å². The van der Waals surface area contributed by atoms with Gasteiger partial charge in [0.05, 0.1) is 10.9 Å². The second-order valence-corrected chi connectivity index (χ2v) is 5.78. The second kappa shape index (κ2) is 7.71. The fraction of sp³-hybridized carbons (Fsp3) is 0.235. The highest BCUT2D eigenvalue weighted by Crippen LogP contribution is 2.25. The minimum absolute atomic E-state index is 0.0227. The molecule has 0 aliphatic carbocycles. The molecule has 1 amide bonds. The molecule has 11 heteroatoms. The third-order valence-electron chi connectivity index (χ3n) is 3.68. The zero-order valence-corrected chi connectivity index (χ0v) is 14.6. The van der Waals surface area contributed by atoms with Crippen molar-refractivity contribution in [2.24, 2.45) is 0 Å². The zero-order chi connectivity index (χ0) is 20.3. The van der Waals surface area contributed by atoms with Gasteiger partial charge in [-0.1, -0.05) is 0 Å². The minimum Gasteiger partial charge on any atom is -0.360 e. The lowest BCUT2D eigenvalue weighted by Gasteiger charge is -2.12. The van der Waals surface area contributed by atoms with Crippen LogP contribution < -0.4 is 16.0 Å². The fourth-order valence-electron chi connectivity index (χ4n) is 2.48. The Kier molecular flexibility index (Phi) is 5.34. The molecule has 2 aromatic heterocycles. The van der Waals surface area contributed by atoms with E-state index in [1.165, 1.54) is 18.3 Å². The average Bonchev–Trinajstić information content (AvgIpc) is 3.08. The topological polar surface area (TPSA) is 94.7 Å². The van der Waals surface area contributed by atoms with E-state index in [1.54, 1.807) is 13.0 Å². The lowest BCUT2D eigenvalue weighted by molar-refractivity contribution is -0.115. The van der Waals surface area contributed by atoms with E-state index in [1.807, 2.05) is 0 Å². The Labute approximate surface area is 156 Å². The highest BCUT2D eigenvalue weighted by molar-refractivity contribution is 5.95. The maximum Gasteiger partial charge on any atom is 0.405 e. The van der Waals surface area contributed by atoms with Crippen LogP contribution >= 0.6 is 0 Å². The summed E-state index contributed by atoms with van der Waals surface area (Å²) in [6.45, 7) is 0.805. The minimum atomic E-state index is -4.42. The molecule has 3 rings (SSSR count). The van der Waals surface area contributed by atoms with Crippen LogP contribution in [-0.4, -0.2) is 40.1 Å². The van der Waals surface area contributed by atoms with Gasteiger partial charge < -0.3 is 20.9 Å². The van der Waals surface area contributed by atoms with E-state index in [0.29, 0.717) is 17.6 Å². The molecule has 148 valence electrons. The number of hydrogen-bond donors (Lipinski definition) is 4. The molecule has 0 radical (unpaired) electrons. The van der Waals surface area contributed by atoms with Gasteiger partial charge in [0.15, 0.2) is 0 Å². The molecule has 28 heavy (non-hydrogen) atoms. The number of carbonyl (C=O) groups is 1. The van der Waals surface area contributed by atoms with Crippen LogP contribution in [0.2, 0.25) is 0 Å². The van der Waals surface area contributed by atoms with Crippen molar-refractivity contribution in [3.05, 3.63) is 41.8 Å². The van der Waals surface area contributed by atoms with Crippen molar-refractivity contribution in [2.75, 3.05) is 23.7 Å². The number of H-pyrrole nitrogens is 1. The number of halogens is 4. The number of benzene rings is 1. The maximum absolute atomic E-state index is 14.2. The Morgan fingerprint density at radius 2 is 2.00 bits per heavy atom. The molecule has 2 heterocycles. The zero-order valence-electron chi connectivity index (χ0n) is 14.6. The monoisotopic (exact) mass is 396 g/mol. The molecule has 0 fully saturated rings. The number of nitrogens with one attached hydrogen (secondary N) is 4. The number of aromatic amines is 1. The van der Waals surface area contributed by atoms with E-state index in [0.717, 1.165) is 6.07 Å². The van der Waals surface area contributed by atoms with Crippen molar-refractivity contribution in [1.82, 2.24) is 20.3 Å². The van der Waals surface area contributed by atoms with E-state index in [9.17, 15) is 22.4 Å². The number of anilines is 3. The van der Waals surface area contributed by atoms with Gasteiger partial charge in [-0.15, -0.1) is 0 Å². The summed E-state index contributed by atoms with van der Waals surface area (Å²) in [5.74, 6) is -1.36. The van der Waals surface area contributed by atoms with Gasteiger partial charge in [0.1, 0.15) is 23.8 Å². The van der Waals surface area contributed by atoms with Gasteiger partial charge in [-0.25, -0.2) is 4.39 Å². The van der Waals surface area contributed by atoms with Gasteiger partial charge in [0.25, 0.3) is 5.91 Å². The lowest BCUT2D eigenvalue weighted by atomic mass is 10.2. The van der Waals surface area contributed by atoms with Crippen molar-refractivity contribution in [2.45, 2.75) is 13.1 Å². The first-order valence-electron chi connectivity index (χ1n) is 8.27. The Morgan fingerprint density at radius 3 is 2.68 bits per heavy atom. The van der Waals surface area contributed by atoms with Gasteiger partial charge in [0, 0.05) is 18.4 Å². The van der Waals surface area contributed by atoms with Gasteiger partial charge in [0.2, 0.25) is 5.95 Å². The van der Waals surface area contributed by atoms with Crippen LogP contribution in [0.3, 0.4) is 0 Å². The molecule has 0 saturated heterocycles. The molecule has 4 N–H and O–H groups in total. The molecular formula is C17H16F4N6O. The summed E-state index contributed by atoms with van der Waals surface area (Å²) in [6, 6.07) is 5.35. The van der Waals surface area contributed by atoms with Crippen molar-refractivity contribution >= 4 is 34.4 Å². The predicted octanol–water partition coefficient (Wildman–Crippen LogP) is 3.56. The van der Waals surface area contributed by atoms with E-state index in [-0.39, 0.29) is 23.0 Å². The van der Waals surface area contributed by atoms with Crippen molar-refractivity contribution < 1.29 is 22.4 Å². The number of rotatable bonds is 6. The van der Waals surface area contributed by atoms with Crippen molar-refractivity contribution in [3.63, 3.8) is 0 Å².